The van der Waals surface area contributed by atoms with E-state index in [0.29, 0.717) is 34.3 Å². The second-order valence-corrected chi connectivity index (χ2v) is 6.02. The monoisotopic (exact) mass is 416 g/mol. The molecule has 0 aromatic heterocycles. The first kappa shape index (κ1) is 22.6. The van der Waals surface area contributed by atoms with Crippen LogP contribution in [-0.2, 0) is 4.57 Å². The number of benzene rings is 2. The third-order valence-electron chi connectivity index (χ3n) is 3.10. The molecule has 2 rings (SSSR count). The van der Waals surface area contributed by atoms with Crippen LogP contribution in [0.4, 0.5) is 11.4 Å². The molecular weight excluding hydrogens is 399 g/mol. The number of carbonyl (C=O) groups is 1. The fourth-order valence-corrected chi connectivity index (χ4v) is 2.22. The number of nitro groups is 1. The van der Waals surface area contributed by atoms with Gasteiger partial charge in [-0.15, -0.1) is 0 Å². The number of halogens is 1. The van der Waals surface area contributed by atoms with Gasteiger partial charge < -0.3 is 19.8 Å². The van der Waals surface area contributed by atoms with Crippen LogP contribution in [-0.4, -0.2) is 27.0 Å². The third kappa shape index (κ3) is 7.36. The highest BCUT2D eigenvalue weighted by Crippen LogP contribution is 2.34. The van der Waals surface area contributed by atoms with Crippen LogP contribution in [0.1, 0.15) is 24.2 Å². The van der Waals surface area contributed by atoms with Gasteiger partial charge in [-0.25, -0.2) is 0 Å². The number of hydrogen-bond donors (Lipinski definition) is 3. The predicted molar refractivity (Wildman–Crippen MR) is 102 cm³/mol. The van der Waals surface area contributed by atoms with E-state index in [-0.39, 0.29) is 11.5 Å². The molecule has 0 unspecified atom stereocenters. The molecule has 0 fully saturated rings. The van der Waals surface area contributed by atoms with Crippen LogP contribution in [0.25, 0.3) is 0 Å². The lowest BCUT2D eigenvalue weighted by Crippen LogP contribution is -2.01. The summed E-state index contributed by atoms with van der Waals surface area (Å²) in [7, 11) is -3.13. The number of hydrogen-bond acceptors (Lipinski definition) is 6. The summed E-state index contributed by atoms with van der Waals surface area (Å²) in [5, 5.41) is 14.2. The van der Waals surface area contributed by atoms with Crippen molar-refractivity contribution in [3.63, 3.8) is 0 Å². The van der Waals surface area contributed by atoms with Crippen molar-refractivity contribution < 1.29 is 28.8 Å². The summed E-state index contributed by atoms with van der Waals surface area (Å²) >= 11 is 6.10. The molecule has 0 bridgehead atoms. The van der Waals surface area contributed by atoms with Gasteiger partial charge in [-0.05, 0) is 38.1 Å². The zero-order valence-electron chi connectivity index (χ0n) is 14.4. The van der Waals surface area contributed by atoms with Crippen molar-refractivity contribution in [3.8, 4) is 11.5 Å². The van der Waals surface area contributed by atoms with Crippen molar-refractivity contribution in [2.75, 3.05) is 11.9 Å². The molecule has 0 saturated carbocycles. The number of ether oxygens (including phenoxy) is 1. The van der Waals surface area contributed by atoms with E-state index in [1.165, 1.54) is 31.2 Å². The van der Waals surface area contributed by atoms with E-state index < -0.39 is 13.2 Å². The van der Waals surface area contributed by atoms with Gasteiger partial charge in [0.15, 0.2) is 5.78 Å². The molecule has 2 aromatic rings. The molecule has 2 aromatic carbocycles. The normalized spacial score (nSPS) is 10.0. The summed E-state index contributed by atoms with van der Waals surface area (Å²) in [6.45, 7) is 3.83. The minimum absolute atomic E-state index is 0.0303. The Morgan fingerprint density at radius 1 is 1.30 bits per heavy atom. The number of ketones is 1. The molecule has 0 spiro atoms. The van der Waals surface area contributed by atoms with Crippen molar-refractivity contribution in [3.05, 3.63) is 57.1 Å². The van der Waals surface area contributed by atoms with Crippen LogP contribution in [0.3, 0.4) is 0 Å². The summed E-state index contributed by atoms with van der Waals surface area (Å²) < 4.78 is 14.4. The predicted octanol–water partition coefficient (Wildman–Crippen LogP) is 4.04. The Labute approximate surface area is 160 Å². The van der Waals surface area contributed by atoms with Crippen molar-refractivity contribution in [2.24, 2.45) is 0 Å². The van der Waals surface area contributed by atoms with E-state index >= 15 is 0 Å². The van der Waals surface area contributed by atoms with Crippen molar-refractivity contribution in [2.45, 2.75) is 13.8 Å². The maximum absolute atomic E-state index is 11.3. The second kappa shape index (κ2) is 10.6. The number of nitrogens with zero attached hydrogens (tertiary/aromatic N) is 1. The lowest BCUT2D eigenvalue weighted by molar-refractivity contribution is -0.384. The Morgan fingerprint density at radius 2 is 1.93 bits per heavy atom. The van der Waals surface area contributed by atoms with E-state index in [1.807, 2.05) is 6.92 Å². The topological polar surface area (TPSA) is 139 Å². The number of nitro benzene ring substituents is 1. The first-order chi connectivity index (χ1) is 12.6. The Kier molecular flexibility index (Phi) is 8.90. The Morgan fingerprint density at radius 3 is 2.41 bits per heavy atom. The first-order valence-electron chi connectivity index (χ1n) is 7.58. The van der Waals surface area contributed by atoms with E-state index in [2.05, 4.69) is 5.32 Å². The molecule has 0 aliphatic rings. The van der Waals surface area contributed by atoms with Crippen LogP contribution in [0.5, 0.6) is 11.5 Å². The molecule has 11 heteroatoms. The minimum Gasteiger partial charge on any atom is -0.456 e. The zero-order valence-corrected chi connectivity index (χ0v) is 16.2. The average molecular weight is 417 g/mol. The summed E-state index contributed by atoms with van der Waals surface area (Å²) in [5.74, 6) is 0.681. The van der Waals surface area contributed by atoms with Crippen molar-refractivity contribution in [1.82, 2.24) is 0 Å². The highest BCUT2D eigenvalue weighted by Gasteiger charge is 2.15. The molecular formula is C16H18ClN2O7P. The Hall–Kier alpha value is -2.45. The van der Waals surface area contributed by atoms with Gasteiger partial charge in [0.25, 0.3) is 5.69 Å². The van der Waals surface area contributed by atoms with Gasteiger partial charge in [0.05, 0.1) is 9.95 Å². The summed E-state index contributed by atoms with van der Waals surface area (Å²) in [4.78, 5) is 36.2. The summed E-state index contributed by atoms with van der Waals surface area (Å²) in [5.41, 5.74) is 0.822. The standard InChI is InChI=1S/C16H15ClN2O4.H3O3P/c1-3-18-14-9-12(5-6-15(14)19(21)22)23-16-7-4-11(10(2)20)8-13(16)17;1-4(2)3/h4-9,18H,3H2,1-2H3;4H,(H2,1,2,3). The summed E-state index contributed by atoms with van der Waals surface area (Å²) in [6.07, 6.45) is 0. The second-order valence-electron chi connectivity index (χ2n) is 5.05. The van der Waals surface area contributed by atoms with E-state index in [1.54, 1.807) is 12.1 Å². The minimum atomic E-state index is -3.13. The lowest BCUT2D eigenvalue weighted by atomic mass is 10.1. The van der Waals surface area contributed by atoms with Gasteiger partial charge in [0.1, 0.15) is 17.2 Å². The molecule has 0 aliphatic heterocycles. The van der Waals surface area contributed by atoms with Crippen LogP contribution >= 0.6 is 19.9 Å². The number of Topliss-reactive ketones (excluding diaryl/α,β-unsaturated/α-hetero) is 1. The molecule has 0 atom stereocenters. The highest BCUT2D eigenvalue weighted by molar-refractivity contribution is 7.30. The fraction of sp³-hybridized carbons (Fsp3) is 0.188. The number of rotatable bonds is 6. The van der Waals surface area contributed by atoms with Crippen LogP contribution in [0, 0.1) is 10.1 Å². The molecule has 0 heterocycles. The molecule has 0 amide bonds. The van der Waals surface area contributed by atoms with Crippen LogP contribution in [0.15, 0.2) is 36.4 Å². The highest BCUT2D eigenvalue weighted by atomic mass is 35.5. The first-order valence-corrected chi connectivity index (χ1v) is 9.26. The molecule has 27 heavy (non-hydrogen) atoms. The molecule has 9 nitrogen and oxygen atoms in total. The number of nitrogens with one attached hydrogen (secondary N) is 1. The Balaban J connectivity index is 0.000000828. The molecule has 0 saturated heterocycles. The largest absolute Gasteiger partial charge is 0.456 e. The quantitative estimate of drug-likeness (QED) is 0.277. The smallest absolute Gasteiger partial charge is 0.314 e. The van der Waals surface area contributed by atoms with Gasteiger partial charge in [-0.3, -0.25) is 19.5 Å². The SMILES string of the molecule is CCNc1cc(Oc2ccc(C(C)=O)cc2Cl)ccc1[N+](=O)[O-].O=[PH](O)O. The van der Waals surface area contributed by atoms with E-state index in [9.17, 15) is 14.9 Å². The van der Waals surface area contributed by atoms with E-state index in [0.717, 1.165) is 0 Å². The molecule has 146 valence electrons. The molecule has 0 aliphatic carbocycles. The van der Waals surface area contributed by atoms with Crippen molar-refractivity contribution in [1.29, 1.82) is 0 Å². The molecule has 3 N–H and O–H groups in total. The number of carbonyl (C=O) groups excluding carboxylic acids is 1. The third-order valence-corrected chi connectivity index (χ3v) is 3.39. The van der Waals surface area contributed by atoms with Gasteiger partial charge in [-0.2, -0.15) is 0 Å². The Bertz CT molecular complexity index is 857. The molecule has 0 radical (unpaired) electrons. The zero-order chi connectivity index (χ0) is 20.6. The average Bonchev–Trinajstić information content (AvgIpc) is 2.56. The fourth-order valence-electron chi connectivity index (χ4n) is 2.00. The van der Waals surface area contributed by atoms with Gasteiger partial charge >= 0.3 is 8.25 Å². The number of anilines is 1. The lowest BCUT2D eigenvalue weighted by Gasteiger charge is -2.11. The van der Waals surface area contributed by atoms with Crippen LogP contribution < -0.4 is 10.1 Å². The van der Waals surface area contributed by atoms with E-state index in [4.69, 9.17) is 30.7 Å². The van der Waals surface area contributed by atoms with Crippen molar-refractivity contribution >= 4 is 37.0 Å². The maximum atomic E-state index is 11.3. The van der Waals surface area contributed by atoms with Gasteiger partial charge in [0.2, 0.25) is 0 Å². The summed E-state index contributed by atoms with van der Waals surface area (Å²) in [6, 6.07) is 9.12. The van der Waals surface area contributed by atoms with Crippen LogP contribution in [0.2, 0.25) is 5.02 Å². The van der Waals surface area contributed by atoms with Gasteiger partial charge in [-0.1, -0.05) is 11.6 Å². The maximum Gasteiger partial charge on any atom is 0.314 e. The van der Waals surface area contributed by atoms with Gasteiger partial charge in [0, 0.05) is 24.2 Å².